The number of hydrogen-bond acceptors (Lipinski definition) is 7. The van der Waals surface area contributed by atoms with Crippen molar-refractivity contribution < 1.29 is 42.1 Å². The van der Waals surface area contributed by atoms with Gasteiger partial charge in [-0.2, -0.15) is 13.2 Å². The summed E-state index contributed by atoms with van der Waals surface area (Å²) in [6.07, 6.45) is -5.15. The molecule has 0 fully saturated rings. The number of aliphatic carboxylic acids is 1. The summed E-state index contributed by atoms with van der Waals surface area (Å²) in [7, 11) is 1.51. The van der Waals surface area contributed by atoms with Crippen LogP contribution in [-0.2, 0) is 9.59 Å². The molecule has 7 N–H and O–H groups in total. The molecule has 0 spiro atoms. The van der Waals surface area contributed by atoms with E-state index in [-0.39, 0.29) is 22.5 Å². The van der Waals surface area contributed by atoms with Gasteiger partial charge < -0.3 is 25.6 Å². The zero-order valence-electron chi connectivity index (χ0n) is 23.1. The molecular weight excluding hydrogens is 595 g/mol. The van der Waals surface area contributed by atoms with Gasteiger partial charge >= 0.3 is 12.1 Å². The van der Waals surface area contributed by atoms with E-state index in [4.69, 9.17) is 42.1 Å². The number of alkyl halides is 3. The largest absolute Gasteiger partial charge is 0.493 e. The third-order valence-corrected chi connectivity index (χ3v) is 5.64. The van der Waals surface area contributed by atoms with Crippen LogP contribution in [0.2, 0.25) is 5.02 Å². The first kappa shape index (κ1) is 34.2. The van der Waals surface area contributed by atoms with E-state index in [1.54, 1.807) is 66.7 Å². The third-order valence-electron chi connectivity index (χ3n) is 5.31. The summed E-state index contributed by atoms with van der Waals surface area (Å²) in [4.78, 5) is 34.7. The Bertz CT molecular complexity index is 1450. The smallest absolute Gasteiger partial charge is 0.490 e. The molecule has 0 heterocycles. The molecule has 0 aliphatic carbocycles. The van der Waals surface area contributed by atoms with E-state index >= 15 is 0 Å². The summed E-state index contributed by atoms with van der Waals surface area (Å²) in [5.41, 5.74) is 12.3. The number of nitrogens with two attached hydrogens (primary N) is 1. The molecule has 3 aromatic carbocycles. The number of hydrogen-bond donors (Lipinski definition) is 6. The molecule has 0 aliphatic heterocycles. The predicted molar refractivity (Wildman–Crippen MR) is 153 cm³/mol. The zero-order valence-corrected chi connectivity index (χ0v) is 23.8. The molecule has 0 aromatic heterocycles. The van der Waals surface area contributed by atoms with E-state index in [2.05, 4.69) is 16.2 Å². The van der Waals surface area contributed by atoms with Crippen LogP contribution < -0.4 is 31.4 Å². The van der Waals surface area contributed by atoms with E-state index in [9.17, 15) is 22.8 Å². The van der Waals surface area contributed by atoms with Crippen LogP contribution >= 0.6 is 11.6 Å². The fourth-order valence-corrected chi connectivity index (χ4v) is 3.55. The Balaban J connectivity index is 0.000000821. The van der Waals surface area contributed by atoms with Crippen molar-refractivity contribution >= 4 is 40.9 Å². The minimum absolute atomic E-state index is 0.0661. The minimum atomic E-state index is -5.08. The molecule has 230 valence electrons. The average molecular weight is 624 g/mol. The molecule has 1 unspecified atom stereocenters. The third kappa shape index (κ3) is 10.4. The van der Waals surface area contributed by atoms with Crippen molar-refractivity contribution in [1.82, 2.24) is 10.9 Å². The Hall–Kier alpha value is -4.98. The fourth-order valence-electron chi connectivity index (χ4n) is 3.33. The van der Waals surface area contributed by atoms with Crippen LogP contribution in [0.1, 0.15) is 41.4 Å². The van der Waals surface area contributed by atoms with Crippen molar-refractivity contribution in [3.8, 4) is 11.5 Å². The van der Waals surface area contributed by atoms with Gasteiger partial charge in [-0.05, 0) is 67.9 Å². The monoisotopic (exact) mass is 623 g/mol. The zero-order chi connectivity index (χ0) is 32.3. The molecule has 0 saturated heterocycles. The second kappa shape index (κ2) is 15.3. The maximum Gasteiger partial charge on any atom is 0.490 e. The van der Waals surface area contributed by atoms with Gasteiger partial charge in [0.25, 0.3) is 11.8 Å². The summed E-state index contributed by atoms with van der Waals surface area (Å²) in [6, 6.07) is 17.5. The number of halogens is 4. The number of carboxylic acids is 1. The van der Waals surface area contributed by atoms with Crippen LogP contribution in [0.15, 0.2) is 66.7 Å². The Morgan fingerprint density at radius 3 is 2.09 bits per heavy atom. The highest BCUT2D eigenvalue weighted by atomic mass is 35.5. The molecule has 3 rings (SSSR count). The second-order valence-corrected chi connectivity index (χ2v) is 9.28. The number of carbonyl (C=O) groups excluding carboxylic acids is 2. The number of nitrogens with one attached hydrogen (secondary N) is 4. The van der Waals surface area contributed by atoms with Crippen LogP contribution in [0.5, 0.6) is 11.5 Å². The summed E-state index contributed by atoms with van der Waals surface area (Å²) in [6.45, 7) is 3.80. The highest BCUT2D eigenvalue weighted by Crippen LogP contribution is 2.32. The van der Waals surface area contributed by atoms with Crippen molar-refractivity contribution in [2.24, 2.45) is 5.73 Å². The van der Waals surface area contributed by atoms with E-state index in [0.717, 1.165) is 0 Å². The first-order valence-electron chi connectivity index (χ1n) is 12.3. The maximum atomic E-state index is 13.3. The molecule has 3 aromatic rings. The fraction of sp³-hybridized carbons (Fsp3) is 0.214. The molecular formula is C28H29ClF3N5O6. The van der Waals surface area contributed by atoms with Crippen molar-refractivity contribution in [2.75, 3.05) is 12.4 Å². The van der Waals surface area contributed by atoms with Gasteiger partial charge in [0.05, 0.1) is 23.8 Å². The molecule has 2 amide bonds. The van der Waals surface area contributed by atoms with Gasteiger partial charge in [0.15, 0.2) is 11.5 Å². The second-order valence-electron chi connectivity index (χ2n) is 8.87. The van der Waals surface area contributed by atoms with Crippen molar-refractivity contribution in [1.29, 1.82) is 5.41 Å². The number of carbonyl (C=O) groups is 3. The normalized spacial score (nSPS) is 11.3. The molecule has 0 saturated carbocycles. The SMILES string of the molecule is COc1cc(C(Nc2ccc(C(=N)N)cc2)C(=O)NNC(=O)c2ccccc2Cl)ccc1OC(C)C.O=C(O)C(F)(F)F. The molecule has 0 radical (unpaired) electrons. The number of ether oxygens (including phenoxy) is 2. The number of carboxylic acid groups (broad SMARTS) is 1. The number of amidine groups is 1. The van der Waals surface area contributed by atoms with Crippen molar-refractivity contribution in [3.63, 3.8) is 0 Å². The lowest BCUT2D eigenvalue weighted by Gasteiger charge is -2.22. The Kier molecular flexibility index (Phi) is 12.2. The van der Waals surface area contributed by atoms with E-state index < -0.39 is 30.0 Å². The Morgan fingerprint density at radius 1 is 0.977 bits per heavy atom. The van der Waals surface area contributed by atoms with Gasteiger partial charge in [0.1, 0.15) is 11.9 Å². The minimum Gasteiger partial charge on any atom is -0.493 e. The van der Waals surface area contributed by atoms with Crippen LogP contribution in [0.4, 0.5) is 18.9 Å². The van der Waals surface area contributed by atoms with Gasteiger partial charge in [-0.3, -0.25) is 25.8 Å². The van der Waals surface area contributed by atoms with E-state index in [1.165, 1.54) is 7.11 Å². The number of benzene rings is 3. The van der Waals surface area contributed by atoms with Gasteiger partial charge in [0, 0.05) is 11.3 Å². The Labute approximate surface area is 249 Å². The standard InChI is InChI=1S/C26H28ClN5O4.C2HF3O2/c1-15(2)36-21-13-10-17(14-22(21)35-3)23(30-18-11-8-16(9-12-18)24(28)29)26(34)32-31-25(33)19-6-4-5-7-20(19)27;3-2(4,5)1(6)7/h4-15,23,30H,1-3H3,(H3,28,29)(H,31,33)(H,32,34);(H,6,7). The number of hydrazine groups is 1. The van der Waals surface area contributed by atoms with Crippen molar-refractivity contribution in [3.05, 3.63) is 88.4 Å². The number of methoxy groups -OCH3 is 1. The lowest BCUT2D eigenvalue weighted by molar-refractivity contribution is -0.192. The highest BCUT2D eigenvalue weighted by Gasteiger charge is 2.38. The van der Waals surface area contributed by atoms with Crippen molar-refractivity contribution in [2.45, 2.75) is 32.2 Å². The quantitative estimate of drug-likeness (QED) is 0.113. The number of nitrogen functional groups attached to an aromatic ring is 1. The molecule has 43 heavy (non-hydrogen) atoms. The maximum absolute atomic E-state index is 13.3. The van der Waals surface area contributed by atoms with Crippen LogP contribution in [0.25, 0.3) is 0 Å². The number of rotatable bonds is 9. The van der Waals surface area contributed by atoms with E-state index in [0.29, 0.717) is 28.3 Å². The molecule has 11 nitrogen and oxygen atoms in total. The summed E-state index contributed by atoms with van der Waals surface area (Å²) in [5, 5.41) is 18.1. The van der Waals surface area contributed by atoms with Gasteiger partial charge in [-0.25, -0.2) is 4.79 Å². The molecule has 15 heteroatoms. The topological polar surface area (TPSA) is 176 Å². The van der Waals surface area contributed by atoms with Gasteiger partial charge in [-0.1, -0.05) is 29.8 Å². The van der Waals surface area contributed by atoms with Crippen LogP contribution in [0.3, 0.4) is 0 Å². The summed E-state index contributed by atoms with van der Waals surface area (Å²) in [5.74, 6) is -2.93. The first-order chi connectivity index (χ1) is 20.1. The summed E-state index contributed by atoms with van der Waals surface area (Å²) < 4.78 is 43.0. The van der Waals surface area contributed by atoms with Gasteiger partial charge in [-0.15, -0.1) is 0 Å². The molecule has 1 atom stereocenters. The Morgan fingerprint density at radius 2 is 1.58 bits per heavy atom. The lowest BCUT2D eigenvalue weighted by atomic mass is 10.0. The molecule has 0 aliphatic rings. The predicted octanol–water partition coefficient (Wildman–Crippen LogP) is 4.67. The number of anilines is 1. The van der Waals surface area contributed by atoms with Gasteiger partial charge in [0.2, 0.25) is 0 Å². The van der Waals surface area contributed by atoms with Crippen LogP contribution in [-0.4, -0.2) is 48.1 Å². The summed E-state index contributed by atoms with van der Waals surface area (Å²) >= 11 is 6.08. The first-order valence-corrected chi connectivity index (χ1v) is 12.7. The average Bonchev–Trinajstić information content (AvgIpc) is 2.94. The number of amides is 2. The lowest BCUT2D eigenvalue weighted by Crippen LogP contribution is -2.45. The van der Waals surface area contributed by atoms with Crippen LogP contribution in [0, 0.1) is 5.41 Å². The molecule has 0 bridgehead atoms. The highest BCUT2D eigenvalue weighted by molar-refractivity contribution is 6.33. The van der Waals surface area contributed by atoms with E-state index in [1.807, 2.05) is 13.8 Å².